The monoisotopic (exact) mass is 207 g/mol. The van der Waals surface area contributed by atoms with Crippen LogP contribution in [0.4, 0.5) is 0 Å². The Bertz CT molecular complexity index is 473. The van der Waals surface area contributed by atoms with E-state index >= 15 is 0 Å². The number of fused-ring (bicyclic) bond motifs is 1. The van der Waals surface area contributed by atoms with Gasteiger partial charge in [0, 0.05) is 5.02 Å². The lowest BCUT2D eigenvalue weighted by Gasteiger charge is -2.25. The SMILES string of the molecule is Clc1ccc2nnn(C3CCC3)c2c1. The summed E-state index contributed by atoms with van der Waals surface area (Å²) in [4.78, 5) is 0. The van der Waals surface area contributed by atoms with Crippen LogP contribution in [0, 0.1) is 0 Å². The van der Waals surface area contributed by atoms with Gasteiger partial charge >= 0.3 is 0 Å². The number of rotatable bonds is 1. The second-order valence-electron chi connectivity index (χ2n) is 3.75. The first-order valence-corrected chi connectivity index (χ1v) is 5.23. The lowest BCUT2D eigenvalue weighted by molar-refractivity contribution is 0.292. The minimum Gasteiger partial charge on any atom is -0.242 e. The maximum absolute atomic E-state index is 5.94. The lowest BCUT2D eigenvalue weighted by atomic mass is 9.93. The molecule has 1 saturated carbocycles. The fraction of sp³-hybridized carbons (Fsp3) is 0.400. The molecule has 2 aromatic rings. The van der Waals surface area contributed by atoms with Gasteiger partial charge in [-0.05, 0) is 37.5 Å². The number of hydrogen-bond acceptors (Lipinski definition) is 2. The Labute approximate surface area is 86.7 Å². The van der Waals surface area contributed by atoms with E-state index in [1.54, 1.807) is 0 Å². The highest BCUT2D eigenvalue weighted by molar-refractivity contribution is 6.31. The van der Waals surface area contributed by atoms with Crippen molar-refractivity contribution < 1.29 is 0 Å². The second kappa shape index (κ2) is 2.95. The quantitative estimate of drug-likeness (QED) is 0.720. The molecule has 1 aliphatic carbocycles. The van der Waals surface area contributed by atoms with Gasteiger partial charge in [-0.3, -0.25) is 0 Å². The molecule has 0 atom stereocenters. The highest BCUT2D eigenvalue weighted by atomic mass is 35.5. The topological polar surface area (TPSA) is 30.7 Å². The molecule has 0 bridgehead atoms. The van der Waals surface area contributed by atoms with Gasteiger partial charge in [0.05, 0.1) is 11.6 Å². The van der Waals surface area contributed by atoms with Crippen molar-refractivity contribution in [1.29, 1.82) is 0 Å². The summed E-state index contributed by atoms with van der Waals surface area (Å²) in [5, 5.41) is 9.03. The van der Waals surface area contributed by atoms with Crippen LogP contribution in [-0.4, -0.2) is 15.0 Å². The zero-order chi connectivity index (χ0) is 9.54. The Kier molecular flexibility index (Phi) is 1.74. The Morgan fingerprint density at radius 2 is 2.21 bits per heavy atom. The molecule has 1 heterocycles. The van der Waals surface area contributed by atoms with Crippen LogP contribution in [0.1, 0.15) is 25.3 Å². The van der Waals surface area contributed by atoms with Gasteiger partial charge in [-0.2, -0.15) is 0 Å². The smallest absolute Gasteiger partial charge is 0.113 e. The molecule has 1 fully saturated rings. The molecule has 3 rings (SSSR count). The maximum Gasteiger partial charge on any atom is 0.113 e. The maximum atomic E-state index is 5.94. The van der Waals surface area contributed by atoms with Crippen LogP contribution >= 0.6 is 11.6 Å². The van der Waals surface area contributed by atoms with E-state index in [1.807, 2.05) is 22.9 Å². The van der Waals surface area contributed by atoms with E-state index in [-0.39, 0.29) is 0 Å². The zero-order valence-electron chi connectivity index (χ0n) is 7.65. The van der Waals surface area contributed by atoms with E-state index in [9.17, 15) is 0 Å². The Morgan fingerprint density at radius 1 is 1.36 bits per heavy atom. The van der Waals surface area contributed by atoms with Crippen molar-refractivity contribution in [2.24, 2.45) is 0 Å². The first-order chi connectivity index (χ1) is 6.84. The van der Waals surface area contributed by atoms with E-state index < -0.39 is 0 Å². The largest absolute Gasteiger partial charge is 0.242 e. The van der Waals surface area contributed by atoms with Crippen molar-refractivity contribution >= 4 is 22.6 Å². The molecule has 1 aliphatic rings. The third-order valence-corrected chi connectivity index (χ3v) is 3.09. The van der Waals surface area contributed by atoms with Crippen molar-refractivity contribution in [3.63, 3.8) is 0 Å². The first kappa shape index (κ1) is 8.24. The van der Waals surface area contributed by atoms with Crippen molar-refractivity contribution in [2.45, 2.75) is 25.3 Å². The third-order valence-electron chi connectivity index (χ3n) is 2.85. The summed E-state index contributed by atoms with van der Waals surface area (Å²) in [5.74, 6) is 0. The van der Waals surface area contributed by atoms with Crippen LogP contribution in [0.25, 0.3) is 11.0 Å². The molecule has 0 N–H and O–H groups in total. The van der Waals surface area contributed by atoms with Gasteiger partial charge in [0.15, 0.2) is 0 Å². The summed E-state index contributed by atoms with van der Waals surface area (Å²) >= 11 is 5.94. The van der Waals surface area contributed by atoms with Gasteiger partial charge in [-0.25, -0.2) is 4.68 Å². The van der Waals surface area contributed by atoms with Crippen molar-refractivity contribution in [3.05, 3.63) is 23.2 Å². The average molecular weight is 208 g/mol. The van der Waals surface area contributed by atoms with Gasteiger partial charge < -0.3 is 0 Å². The number of aromatic nitrogens is 3. The standard InChI is InChI=1S/C10H10ClN3/c11-7-4-5-9-10(6-7)14(13-12-9)8-2-1-3-8/h4-6,8H,1-3H2. The van der Waals surface area contributed by atoms with Crippen LogP contribution < -0.4 is 0 Å². The molecule has 0 unspecified atom stereocenters. The van der Waals surface area contributed by atoms with Crippen molar-refractivity contribution in [3.8, 4) is 0 Å². The number of nitrogens with zero attached hydrogens (tertiary/aromatic N) is 3. The molecule has 0 amide bonds. The molecule has 0 aliphatic heterocycles. The van der Waals surface area contributed by atoms with Crippen LogP contribution in [-0.2, 0) is 0 Å². The lowest BCUT2D eigenvalue weighted by Crippen LogP contribution is -2.18. The summed E-state index contributed by atoms with van der Waals surface area (Å²) in [6.07, 6.45) is 3.72. The summed E-state index contributed by atoms with van der Waals surface area (Å²) < 4.78 is 2.00. The van der Waals surface area contributed by atoms with Crippen molar-refractivity contribution in [2.75, 3.05) is 0 Å². The van der Waals surface area contributed by atoms with Gasteiger partial charge in [0.2, 0.25) is 0 Å². The van der Waals surface area contributed by atoms with E-state index in [2.05, 4.69) is 10.3 Å². The van der Waals surface area contributed by atoms with E-state index in [0.29, 0.717) is 6.04 Å². The van der Waals surface area contributed by atoms with Crippen LogP contribution in [0.2, 0.25) is 5.02 Å². The molecule has 72 valence electrons. The Balaban J connectivity index is 2.18. The number of benzene rings is 1. The molecular formula is C10H10ClN3. The van der Waals surface area contributed by atoms with E-state index in [1.165, 1.54) is 19.3 Å². The number of halogens is 1. The highest BCUT2D eigenvalue weighted by Crippen LogP contribution is 2.33. The first-order valence-electron chi connectivity index (χ1n) is 4.85. The molecule has 3 nitrogen and oxygen atoms in total. The normalized spacial score (nSPS) is 17.2. The molecule has 4 heteroatoms. The van der Waals surface area contributed by atoms with Crippen LogP contribution in [0.15, 0.2) is 18.2 Å². The fourth-order valence-electron chi connectivity index (χ4n) is 1.81. The molecule has 14 heavy (non-hydrogen) atoms. The predicted molar refractivity (Wildman–Crippen MR) is 55.4 cm³/mol. The predicted octanol–water partition coefficient (Wildman–Crippen LogP) is 2.81. The van der Waals surface area contributed by atoms with Gasteiger partial charge in [0.25, 0.3) is 0 Å². The molecule has 0 spiro atoms. The van der Waals surface area contributed by atoms with Crippen LogP contribution in [0.3, 0.4) is 0 Å². The fourth-order valence-corrected chi connectivity index (χ4v) is 1.98. The van der Waals surface area contributed by atoms with E-state index in [4.69, 9.17) is 11.6 Å². The summed E-state index contributed by atoms with van der Waals surface area (Å²) in [6, 6.07) is 6.25. The molecule has 0 radical (unpaired) electrons. The average Bonchev–Trinajstić information content (AvgIpc) is 2.46. The summed E-state index contributed by atoms with van der Waals surface area (Å²) in [7, 11) is 0. The van der Waals surface area contributed by atoms with Crippen LogP contribution in [0.5, 0.6) is 0 Å². The minimum atomic E-state index is 0.540. The Hall–Kier alpha value is -1.09. The van der Waals surface area contributed by atoms with Gasteiger partial charge in [-0.15, -0.1) is 5.10 Å². The number of hydrogen-bond donors (Lipinski definition) is 0. The minimum absolute atomic E-state index is 0.540. The summed E-state index contributed by atoms with van der Waals surface area (Å²) in [6.45, 7) is 0. The van der Waals surface area contributed by atoms with E-state index in [0.717, 1.165) is 16.1 Å². The molecule has 0 saturated heterocycles. The van der Waals surface area contributed by atoms with Crippen molar-refractivity contribution in [1.82, 2.24) is 15.0 Å². The summed E-state index contributed by atoms with van der Waals surface area (Å²) in [5.41, 5.74) is 1.99. The highest BCUT2D eigenvalue weighted by Gasteiger charge is 2.22. The van der Waals surface area contributed by atoms with Gasteiger partial charge in [-0.1, -0.05) is 16.8 Å². The third kappa shape index (κ3) is 1.12. The second-order valence-corrected chi connectivity index (χ2v) is 4.19. The molecule has 1 aromatic carbocycles. The Morgan fingerprint density at radius 3 is 2.93 bits per heavy atom. The van der Waals surface area contributed by atoms with Gasteiger partial charge in [0.1, 0.15) is 5.52 Å². The zero-order valence-corrected chi connectivity index (χ0v) is 8.41. The molecular weight excluding hydrogens is 198 g/mol. The molecule has 1 aromatic heterocycles.